The molecule has 0 aromatic heterocycles. The maximum Gasteiger partial charge on any atom is 0.498 e. The molecule has 0 amide bonds. The summed E-state index contributed by atoms with van der Waals surface area (Å²) < 4.78 is 24.5. The molecule has 0 bridgehead atoms. The average Bonchev–Trinajstić information content (AvgIpc) is 2.18. The van der Waals surface area contributed by atoms with Crippen LogP contribution in [0.2, 0.25) is 0 Å². The van der Waals surface area contributed by atoms with Gasteiger partial charge >= 0.3 is 7.12 Å². The largest absolute Gasteiger partial charge is 0.508 e. The summed E-state index contributed by atoms with van der Waals surface area (Å²) >= 11 is 0. The van der Waals surface area contributed by atoms with E-state index in [9.17, 15) is 9.50 Å². The van der Waals surface area contributed by atoms with Gasteiger partial charge in [0.25, 0.3) is 0 Å². The SMILES string of the molecule is CC1CC(C)(C)OB(c2cc(F)ccc2O)O1. The zero-order valence-electron chi connectivity index (χ0n) is 10.2. The molecule has 2 rings (SSSR count). The van der Waals surface area contributed by atoms with E-state index in [0.29, 0.717) is 5.46 Å². The first-order chi connectivity index (χ1) is 7.87. The highest BCUT2D eigenvalue weighted by atomic mass is 19.1. The van der Waals surface area contributed by atoms with Crippen LogP contribution in [-0.2, 0) is 9.31 Å². The Kier molecular flexibility index (Phi) is 3.14. The highest BCUT2D eigenvalue weighted by molar-refractivity contribution is 6.62. The topological polar surface area (TPSA) is 38.7 Å². The summed E-state index contributed by atoms with van der Waals surface area (Å²) in [7, 11) is -0.718. The Morgan fingerprint density at radius 3 is 2.82 bits per heavy atom. The van der Waals surface area contributed by atoms with Crippen molar-refractivity contribution in [1.29, 1.82) is 0 Å². The van der Waals surface area contributed by atoms with Crippen LogP contribution in [0.5, 0.6) is 5.75 Å². The molecule has 1 fully saturated rings. The molecular formula is C12H16BFO3. The lowest BCUT2D eigenvalue weighted by atomic mass is 9.74. The summed E-state index contributed by atoms with van der Waals surface area (Å²) in [6.45, 7) is 5.85. The van der Waals surface area contributed by atoms with Crippen LogP contribution in [0, 0.1) is 5.82 Å². The van der Waals surface area contributed by atoms with Gasteiger partial charge in [-0.05, 0) is 45.4 Å². The lowest BCUT2D eigenvalue weighted by Gasteiger charge is -2.38. The van der Waals surface area contributed by atoms with Gasteiger partial charge in [0, 0.05) is 11.6 Å². The summed E-state index contributed by atoms with van der Waals surface area (Å²) in [4.78, 5) is 0. The maximum atomic E-state index is 13.2. The third-order valence-corrected chi connectivity index (χ3v) is 2.80. The van der Waals surface area contributed by atoms with Crippen molar-refractivity contribution in [2.75, 3.05) is 0 Å². The fraction of sp³-hybridized carbons (Fsp3) is 0.500. The Hall–Kier alpha value is -1.07. The Bertz CT molecular complexity index is 422. The first kappa shape index (κ1) is 12.4. The lowest BCUT2D eigenvalue weighted by Crippen LogP contribution is -2.51. The Morgan fingerprint density at radius 1 is 1.47 bits per heavy atom. The highest BCUT2D eigenvalue weighted by Crippen LogP contribution is 2.26. The second-order valence-electron chi connectivity index (χ2n) is 5.06. The third-order valence-electron chi connectivity index (χ3n) is 2.80. The minimum absolute atomic E-state index is 0.00594. The number of phenolic OH excluding ortho intramolecular Hbond substituents is 1. The first-order valence-electron chi connectivity index (χ1n) is 5.69. The number of phenols is 1. The molecule has 92 valence electrons. The Labute approximate surface area is 101 Å². The summed E-state index contributed by atoms with van der Waals surface area (Å²) in [5, 5.41) is 9.72. The van der Waals surface area contributed by atoms with Gasteiger partial charge in [0.2, 0.25) is 0 Å². The molecule has 0 saturated carbocycles. The zero-order valence-corrected chi connectivity index (χ0v) is 10.2. The quantitative estimate of drug-likeness (QED) is 0.758. The first-order valence-corrected chi connectivity index (χ1v) is 5.69. The molecule has 1 saturated heterocycles. The number of rotatable bonds is 1. The monoisotopic (exact) mass is 238 g/mol. The van der Waals surface area contributed by atoms with Gasteiger partial charge in [-0.2, -0.15) is 0 Å². The number of benzene rings is 1. The van der Waals surface area contributed by atoms with Crippen molar-refractivity contribution in [3.63, 3.8) is 0 Å². The fourth-order valence-electron chi connectivity index (χ4n) is 2.17. The molecule has 0 spiro atoms. The van der Waals surface area contributed by atoms with E-state index in [1.807, 2.05) is 20.8 Å². The molecule has 1 aliphatic rings. The lowest BCUT2D eigenvalue weighted by molar-refractivity contribution is -0.0231. The van der Waals surface area contributed by atoms with E-state index >= 15 is 0 Å². The van der Waals surface area contributed by atoms with Crippen molar-refractivity contribution in [3.05, 3.63) is 24.0 Å². The van der Waals surface area contributed by atoms with Gasteiger partial charge in [0.15, 0.2) is 0 Å². The van der Waals surface area contributed by atoms with E-state index in [4.69, 9.17) is 9.31 Å². The number of halogens is 1. The van der Waals surface area contributed by atoms with E-state index in [1.54, 1.807) is 0 Å². The molecule has 1 aromatic carbocycles. The smallest absolute Gasteiger partial charge is 0.498 e. The van der Waals surface area contributed by atoms with Crippen LogP contribution in [0.1, 0.15) is 27.2 Å². The van der Waals surface area contributed by atoms with Gasteiger partial charge in [0.05, 0.1) is 5.60 Å². The Morgan fingerprint density at radius 2 is 2.18 bits per heavy atom. The molecule has 17 heavy (non-hydrogen) atoms. The van der Waals surface area contributed by atoms with E-state index in [-0.39, 0.29) is 17.5 Å². The fourth-order valence-corrected chi connectivity index (χ4v) is 2.17. The van der Waals surface area contributed by atoms with E-state index in [0.717, 1.165) is 6.42 Å². The standard InChI is InChI=1S/C12H16BFO3/c1-8-7-12(2,3)17-13(16-8)10-6-9(14)4-5-11(10)15/h4-6,8,15H,7H2,1-3H3. The van der Waals surface area contributed by atoms with Gasteiger partial charge in [-0.1, -0.05) is 0 Å². The second-order valence-corrected chi connectivity index (χ2v) is 5.06. The molecule has 5 heteroatoms. The molecule has 1 heterocycles. The number of aromatic hydroxyl groups is 1. The minimum Gasteiger partial charge on any atom is -0.508 e. The van der Waals surface area contributed by atoms with Crippen molar-refractivity contribution in [2.45, 2.75) is 38.9 Å². The van der Waals surface area contributed by atoms with Crippen LogP contribution >= 0.6 is 0 Å². The van der Waals surface area contributed by atoms with Gasteiger partial charge in [-0.25, -0.2) is 4.39 Å². The van der Waals surface area contributed by atoms with Crippen LogP contribution in [0.15, 0.2) is 18.2 Å². The van der Waals surface area contributed by atoms with Crippen LogP contribution in [0.3, 0.4) is 0 Å². The van der Waals surface area contributed by atoms with Crippen molar-refractivity contribution >= 4 is 12.6 Å². The van der Waals surface area contributed by atoms with Gasteiger partial charge in [-0.15, -0.1) is 0 Å². The molecule has 1 atom stereocenters. The van der Waals surface area contributed by atoms with E-state index in [1.165, 1.54) is 18.2 Å². The molecule has 1 aromatic rings. The zero-order chi connectivity index (χ0) is 12.6. The number of hydrogen-bond acceptors (Lipinski definition) is 3. The predicted molar refractivity (Wildman–Crippen MR) is 63.8 cm³/mol. The van der Waals surface area contributed by atoms with Crippen LogP contribution < -0.4 is 5.46 Å². The van der Waals surface area contributed by atoms with Crippen molar-refractivity contribution in [2.24, 2.45) is 0 Å². The molecular weight excluding hydrogens is 222 g/mol. The molecule has 0 aliphatic carbocycles. The molecule has 1 N–H and O–H groups in total. The van der Waals surface area contributed by atoms with Crippen molar-refractivity contribution in [1.82, 2.24) is 0 Å². The second kappa shape index (κ2) is 4.31. The number of hydrogen-bond donors (Lipinski definition) is 1. The molecule has 3 nitrogen and oxygen atoms in total. The van der Waals surface area contributed by atoms with Crippen LogP contribution in [0.4, 0.5) is 4.39 Å². The van der Waals surface area contributed by atoms with E-state index in [2.05, 4.69) is 0 Å². The van der Waals surface area contributed by atoms with E-state index < -0.39 is 12.9 Å². The average molecular weight is 238 g/mol. The molecule has 0 radical (unpaired) electrons. The van der Waals surface area contributed by atoms with Crippen LogP contribution in [0.25, 0.3) is 0 Å². The van der Waals surface area contributed by atoms with Gasteiger partial charge < -0.3 is 14.4 Å². The molecule has 1 unspecified atom stereocenters. The highest BCUT2D eigenvalue weighted by Gasteiger charge is 2.39. The summed E-state index contributed by atoms with van der Waals surface area (Å²) in [5.74, 6) is -0.428. The minimum atomic E-state index is -0.718. The maximum absolute atomic E-state index is 13.2. The summed E-state index contributed by atoms with van der Waals surface area (Å²) in [6.07, 6.45) is 0.769. The Balaban J connectivity index is 2.30. The third kappa shape index (κ3) is 2.79. The van der Waals surface area contributed by atoms with Gasteiger partial charge in [-0.3, -0.25) is 0 Å². The summed E-state index contributed by atoms with van der Waals surface area (Å²) in [5.41, 5.74) is -0.00852. The van der Waals surface area contributed by atoms with Crippen molar-refractivity contribution < 1.29 is 18.8 Å². The summed E-state index contributed by atoms with van der Waals surface area (Å²) in [6, 6.07) is 3.76. The van der Waals surface area contributed by atoms with Gasteiger partial charge in [0.1, 0.15) is 11.6 Å². The van der Waals surface area contributed by atoms with Crippen molar-refractivity contribution in [3.8, 4) is 5.75 Å². The predicted octanol–water partition coefficient (Wildman–Crippen LogP) is 1.83. The molecule has 1 aliphatic heterocycles. The normalized spacial score (nSPS) is 23.8. The van der Waals surface area contributed by atoms with Crippen LogP contribution in [-0.4, -0.2) is 23.9 Å².